The van der Waals surface area contributed by atoms with E-state index in [9.17, 15) is 14.4 Å². The average molecular weight is 1060 g/mol. The van der Waals surface area contributed by atoms with E-state index >= 15 is 0 Å². The predicted molar refractivity (Wildman–Crippen MR) is 296 cm³/mol. The molecule has 1 rings (SSSR count). The first-order chi connectivity index (χ1) is 32.7. The normalized spacial score (nSPS) is 12.4. The molecule has 1 aliphatic carbocycles. The van der Waals surface area contributed by atoms with Crippen LogP contribution < -0.4 is 0 Å². The van der Waals surface area contributed by atoms with Crippen LogP contribution in [0.25, 0.3) is 0 Å². The summed E-state index contributed by atoms with van der Waals surface area (Å²) in [6.07, 6.45) is 68.2. The molecular weight excluding hydrogens is 935 g/mol. The van der Waals surface area contributed by atoms with Gasteiger partial charge in [-0.25, -0.2) is 0 Å². The quantitative estimate of drug-likeness (QED) is 0.0413. The van der Waals surface area contributed by atoms with Crippen molar-refractivity contribution in [3.8, 4) is 0 Å². The van der Waals surface area contributed by atoms with Crippen LogP contribution in [0.15, 0.2) is 0 Å². The molecule has 0 aliphatic heterocycles. The number of carboxylic acid groups (broad SMARTS) is 3. The van der Waals surface area contributed by atoms with E-state index in [1.54, 1.807) is 12.8 Å². The Hall–Kier alpha value is -0.791. The van der Waals surface area contributed by atoms with Gasteiger partial charge in [-0.15, -0.1) is 0 Å². The van der Waals surface area contributed by atoms with Crippen molar-refractivity contribution in [2.24, 2.45) is 0 Å². The summed E-state index contributed by atoms with van der Waals surface area (Å²) < 4.78 is 1.17. The van der Waals surface area contributed by atoms with Crippen LogP contribution >= 0.6 is 0 Å². The molecule has 0 amide bonds. The van der Waals surface area contributed by atoms with Gasteiger partial charge in [-0.1, -0.05) is 290 Å². The van der Waals surface area contributed by atoms with Crippen molar-refractivity contribution >= 4 is 40.4 Å². The van der Waals surface area contributed by atoms with E-state index in [1.165, 1.54) is 296 Å². The zero-order chi connectivity index (χ0) is 49.8. The van der Waals surface area contributed by atoms with Gasteiger partial charge in [0.05, 0.1) is 0 Å². The van der Waals surface area contributed by atoms with E-state index < -0.39 is 17.9 Å². The van der Waals surface area contributed by atoms with Gasteiger partial charge in [0.2, 0.25) is 0 Å². The van der Waals surface area contributed by atoms with Crippen LogP contribution in [0.5, 0.6) is 0 Å². The minimum absolute atomic E-state index is 0.345. The molecule has 0 atom stereocenters. The van der Waals surface area contributed by atoms with Crippen LogP contribution in [0, 0.1) is 0 Å². The molecule has 0 saturated heterocycles. The zero-order valence-electron chi connectivity index (χ0n) is 45.7. The summed E-state index contributed by atoms with van der Waals surface area (Å²) in [5.74, 6) is -1.96. The van der Waals surface area contributed by atoms with Gasteiger partial charge in [-0.05, 0) is 19.3 Å². The van der Waals surface area contributed by atoms with Crippen LogP contribution in [0.1, 0.15) is 361 Å². The van der Waals surface area contributed by atoms with Crippen LogP contribution in [-0.2, 0) is 14.4 Å². The van der Waals surface area contributed by atoms with E-state index in [2.05, 4.69) is 20.8 Å². The Morgan fingerprint density at radius 3 is 0.552 bits per heavy atom. The average Bonchev–Trinajstić information content (AvgIpc) is 3.31. The molecule has 0 aromatic heterocycles. The van der Waals surface area contributed by atoms with Gasteiger partial charge in [-0.3, -0.25) is 14.4 Å². The molecule has 0 aromatic carbocycles. The Bertz CT molecular complexity index is 833. The fourth-order valence-corrected chi connectivity index (χ4v) is 10.4. The van der Waals surface area contributed by atoms with Gasteiger partial charge in [0.25, 0.3) is 0 Å². The van der Waals surface area contributed by atoms with Gasteiger partial charge in [0.1, 0.15) is 0 Å². The molecule has 6 nitrogen and oxygen atoms in total. The third-order valence-electron chi connectivity index (χ3n) is 13.6. The summed E-state index contributed by atoms with van der Waals surface area (Å²) in [6, 6.07) is 0. The third kappa shape index (κ3) is 76.9. The standard InChI is InChI=1S/3C18H36O2.C6H11.Sn.H/c3*1-2-3-4-5-6-7-8-9-10-11-12-13-14-15-16-17-18(19)20;1-2-4-6-5-3-1;;/h3*2-17H2,1H3,(H,19,20);1H,2-6H2;;. The maximum absolute atomic E-state index is 10.3. The topological polar surface area (TPSA) is 112 Å². The first-order valence-electron chi connectivity index (χ1n) is 30.1. The monoisotopic (exact) mass is 1060 g/mol. The van der Waals surface area contributed by atoms with Crippen molar-refractivity contribution in [2.75, 3.05) is 0 Å². The molecule has 0 heterocycles. The fourth-order valence-electron chi connectivity index (χ4n) is 9.08. The zero-order valence-corrected chi connectivity index (χ0v) is 49.0. The first-order valence-corrected chi connectivity index (χ1v) is 32.0. The number of carboxylic acids is 3. The predicted octanol–water partition coefficient (Wildman–Crippen LogP) is 20.6. The first kappa shape index (κ1) is 70.5. The van der Waals surface area contributed by atoms with Gasteiger partial charge in [0.15, 0.2) is 0 Å². The number of aliphatic carboxylic acids is 3. The second-order valence-electron chi connectivity index (χ2n) is 20.7. The number of hydrogen-bond donors (Lipinski definition) is 3. The van der Waals surface area contributed by atoms with Crippen molar-refractivity contribution in [3.63, 3.8) is 0 Å². The second-order valence-corrected chi connectivity index (χ2v) is 23.4. The molecule has 0 aromatic rings. The molecule has 7 heteroatoms. The minimum atomic E-state index is -0.653. The Balaban J connectivity index is -0.000000851. The molecule has 1 saturated carbocycles. The summed E-state index contributed by atoms with van der Waals surface area (Å²) in [7, 11) is 0. The third-order valence-corrected chi connectivity index (χ3v) is 15.5. The molecule has 2 radical (unpaired) electrons. The summed E-state index contributed by atoms with van der Waals surface area (Å²) >= 11 is 1.51. The van der Waals surface area contributed by atoms with Crippen LogP contribution in [0.2, 0.25) is 3.93 Å². The van der Waals surface area contributed by atoms with Crippen molar-refractivity contribution in [1.29, 1.82) is 0 Å². The van der Waals surface area contributed by atoms with Gasteiger partial charge >= 0.3 is 76.5 Å². The van der Waals surface area contributed by atoms with Crippen molar-refractivity contribution in [1.82, 2.24) is 0 Å². The van der Waals surface area contributed by atoms with Gasteiger partial charge < -0.3 is 15.3 Å². The van der Waals surface area contributed by atoms with Gasteiger partial charge in [-0.2, -0.15) is 0 Å². The van der Waals surface area contributed by atoms with E-state index in [1.807, 2.05) is 0 Å². The second kappa shape index (κ2) is 65.2. The molecule has 0 spiro atoms. The fraction of sp³-hybridized carbons (Fsp3) is 0.950. The number of hydrogen-bond acceptors (Lipinski definition) is 3. The van der Waals surface area contributed by atoms with Crippen molar-refractivity contribution in [2.45, 2.75) is 365 Å². The number of unbranched alkanes of at least 4 members (excludes halogenated alkanes) is 42. The molecular formula is C60H120O6Sn. The molecule has 1 aliphatic rings. The molecule has 1 fully saturated rings. The summed E-state index contributed by atoms with van der Waals surface area (Å²) in [5, 5.41) is 25.6. The van der Waals surface area contributed by atoms with E-state index in [0.717, 1.165) is 38.5 Å². The molecule has 67 heavy (non-hydrogen) atoms. The van der Waals surface area contributed by atoms with Crippen LogP contribution in [-0.4, -0.2) is 55.8 Å². The molecule has 400 valence electrons. The summed E-state index contributed by atoms with van der Waals surface area (Å²) in [6.45, 7) is 6.81. The number of carbonyl (C=O) groups is 3. The summed E-state index contributed by atoms with van der Waals surface area (Å²) in [4.78, 5) is 31.0. The Kier molecular flexibility index (Phi) is 68.6. The number of rotatable bonds is 48. The Labute approximate surface area is 432 Å². The van der Waals surface area contributed by atoms with Crippen LogP contribution in [0.3, 0.4) is 0 Å². The summed E-state index contributed by atoms with van der Waals surface area (Å²) in [5.41, 5.74) is 0. The van der Waals surface area contributed by atoms with Crippen LogP contribution in [0.4, 0.5) is 0 Å². The maximum atomic E-state index is 10.3. The SMILES string of the molecule is CCCCCCCCCCCCCCCCCC(=O)O.CCCCCCCCCCCCCCCCCC(=O)O.CCCCCCCCCCCCCCCCCC(=O)O.[SnH][CH]1CCCCC1. The van der Waals surface area contributed by atoms with E-state index in [0.29, 0.717) is 19.3 Å². The Morgan fingerprint density at radius 1 is 0.284 bits per heavy atom. The molecule has 3 N–H and O–H groups in total. The Morgan fingerprint density at radius 2 is 0.433 bits per heavy atom. The van der Waals surface area contributed by atoms with E-state index in [4.69, 9.17) is 15.3 Å². The van der Waals surface area contributed by atoms with Crippen molar-refractivity contribution in [3.05, 3.63) is 0 Å². The van der Waals surface area contributed by atoms with E-state index in [-0.39, 0.29) is 0 Å². The van der Waals surface area contributed by atoms with Gasteiger partial charge in [0, 0.05) is 19.3 Å². The molecule has 0 bridgehead atoms. The molecule has 0 unspecified atom stereocenters. The van der Waals surface area contributed by atoms with Crippen molar-refractivity contribution < 1.29 is 29.7 Å².